The lowest BCUT2D eigenvalue weighted by Crippen LogP contribution is -2.13. The van der Waals surface area contributed by atoms with Gasteiger partial charge in [-0.3, -0.25) is 4.79 Å². The molecule has 0 radical (unpaired) electrons. The number of carboxylic acid groups (broad SMARTS) is 1. The zero-order valence-electron chi connectivity index (χ0n) is 11.4. The van der Waals surface area contributed by atoms with Gasteiger partial charge in [0.15, 0.2) is 0 Å². The maximum atomic E-state index is 11.1. The predicted molar refractivity (Wildman–Crippen MR) is 73.2 cm³/mol. The van der Waals surface area contributed by atoms with E-state index in [-0.39, 0.29) is 12.3 Å². The average molecular weight is 258 g/mol. The lowest BCUT2D eigenvalue weighted by Gasteiger charge is -2.18. The van der Waals surface area contributed by atoms with Crippen LogP contribution in [0.1, 0.15) is 34.9 Å². The summed E-state index contributed by atoms with van der Waals surface area (Å²) in [7, 11) is 1.89. The van der Waals surface area contributed by atoms with Crippen molar-refractivity contribution in [1.82, 2.24) is 9.55 Å². The molecule has 1 heterocycles. The summed E-state index contributed by atoms with van der Waals surface area (Å²) in [6, 6.07) is 6.10. The second kappa shape index (κ2) is 5.26. The Morgan fingerprint density at radius 1 is 1.42 bits per heavy atom. The fraction of sp³-hybridized carbons (Fsp3) is 0.333. The molecule has 0 spiro atoms. The number of aryl methyl sites for hydroxylation is 3. The molecule has 0 aliphatic heterocycles. The molecule has 0 saturated heterocycles. The molecular formula is C15H18N2O2. The number of nitrogens with zero attached hydrogens (tertiary/aromatic N) is 2. The topological polar surface area (TPSA) is 55.1 Å². The molecular weight excluding hydrogens is 240 g/mol. The minimum atomic E-state index is -0.812. The Hall–Kier alpha value is -2.10. The highest BCUT2D eigenvalue weighted by atomic mass is 16.4. The van der Waals surface area contributed by atoms with Gasteiger partial charge in [-0.15, -0.1) is 0 Å². The van der Waals surface area contributed by atoms with Crippen LogP contribution in [0.4, 0.5) is 0 Å². The Bertz CT molecular complexity index is 602. The lowest BCUT2D eigenvalue weighted by atomic mass is 9.90. The summed E-state index contributed by atoms with van der Waals surface area (Å²) in [5.41, 5.74) is 3.31. The molecule has 4 nitrogen and oxygen atoms in total. The van der Waals surface area contributed by atoms with Gasteiger partial charge in [0.25, 0.3) is 0 Å². The first-order chi connectivity index (χ1) is 8.99. The highest BCUT2D eigenvalue weighted by Gasteiger charge is 2.22. The van der Waals surface area contributed by atoms with Crippen molar-refractivity contribution >= 4 is 5.97 Å². The highest BCUT2D eigenvalue weighted by molar-refractivity contribution is 5.69. The summed E-state index contributed by atoms with van der Waals surface area (Å²) in [4.78, 5) is 15.4. The molecule has 1 aromatic heterocycles. The van der Waals surface area contributed by atoms with Gasteiger partial charge in [0, 0.05) is 19.4 Å². The fourth-order valence-electron chi connectivity index (χ4n) is 2.44. The Kier molecular flexibility index (Phi) is 3.69. The van der Waals surface area contributed by atoms with Crippen LogP contribution in [-0.2, 0) is 11.8 Å². The van der Waals surface area contributed by atoms with Gasteiger partial charge < -0.3 is 9.67 Å². The van der Waals surface area contributed by atoms with E-state index >= 15 is 0 Å². The van der Waals surface area contributed by atoms with Crippen molar-refractivity contribution < 1.29 is 9.90 Å². The number of imidazole rings is 1. The molecule has 19 heavy (non-hydrogen) atoms. The summed E-state index contributed by atoms with van der Waals surface area (Å²) in [6.45, 7) is 4.05. The first-order valence-electron chi connectivity index (χ1n) is 6.25. The van der Waals surface area contributed by atoms with Crippen LogP contribution in [0.5, 0.6) is 0 Å². The zero-order valence-corrected chi connectivity index (χ0v) is 11.4. The molecule has 0 bridgehead atoms. The Morgan fingerprint density at radius 3 is 2.68 bits per heavy atom. The van der Waals surface area contributed by atoms with Gasteiger partial charge in [0.2, 0.25) is 0 Å². The summed E-state index contributed by atoms with van der Waals surface area (Å²) in [5.74, 6) is -0.236. The third-order valence-electron chi connectivity index (χ3n) is 3.35. The van der Waals surface area contributed by atoms with E-state index < -0.39 is 5.97 Å². The molecule has 1 unspecified atom stereocenters. The van der Waals surface area contributed by atoms with Gasteiger partial charge in [-0.2, -0.15) is 0 Å². The van der Waals surface area contributed by atoms with Crippen molar-refractivity contribution in [2.75, 3.05) is 0 Å². The van der Waals surface area contributed by atoms with E-state index in [9.17, 15) is 4.79 Å². The molecule has 0 aliphatic carbocycles. The molecule has 0 fully saturated rings. The number of rotatable bonds is 4. The zero-order chi connectivity index (χ0) is 14.0. The highest BCUT2D eigenvalue weighted by Crippen LogP contribution is 2.29. The number of benzene rings is 1. The number of carbonyl (C=O) groups is 1. The first-order valence-corrected chi connectivity index (χ1v) is 6.25. The van der Waals surface area contributed by atoms with Crippen LogP contribution in [0, 0.1) is 13.8 Å². The number of hydrogen-bond acceptors (Lipinski definition) is 2. The van der Waals surface area contributed by atoms with Crippen LogP contribution in [-0.4, -0.2) is 20.6 Å². The van der Waals surface area contributed by atoms with Crippen LogP contribution in [0.3, 0.4) is 0 Å². The molecule has 2 rings (SSSR count). The summed E-state index contributed by atoms with van der Waals surface area (Å²) < 4.78 is 1.88. The van der Waals surface area contributed by atoms with Crippen molar-refractivity contribution in [2.24, 2.45) is 7.05 Å². The molecule has 100 valence electrons. The van der Waals surface area contributed by atoms with Crippen molar-refractivity contribution in [3.63, 3.8) is 0 Å². The van der Waals surface area contributed by atoms with Crippen LogP contribution in [0.2, 0.25) is 0 Å². The van der Waals surface area contributed by atoms with Gasteiger partial charge in [-0.05, 0) is 25.0 Å². The smallest absolute Gasteiger partial charge is 0.304 e. The van der Waals surface area contributed by atoms with Crippen LogP contribution < -0.4 is 0 Å². The van der Waals surface area contributed by atoms with Crippen LogP contribution in [0.15, 0.2) is 30.6 Å². The van der Waals surface area contributed by atoms with E-state index in [1.54, 1.807) is 6.20 Å². The van der Waals surface area contributed by atoms with E-state index in [4.69, 9.17) is 5.11 Å². The normalized spacial score (nSPS) is 12.4. The van der Waals surface area contributed by atoms with Crippen molar-refractivity contribution in [3.8, 4) is 0 Å². The van der Waals surface area contributed by atoms with Gasteiger partial charge in [-0.25, -0.2) is 4.98 Å². The van der Waals surface area contributed by atoms with E-state index in [1.165, 1.54) is 5.56 Å². The van der Waals surface area contributed by atoms with Crippen molar-refractivity contribution in [1.29, 1.82) is 0 Å². The van der Waals surface area contributed by atoms with E-state index in [2.05, 4.69) is 11.1 Å². The first kappa shape index (κ1) is 13.3. The fourth-order valence-corrected chi connectivity index (χ4v) is 2.44. The minimum absolute atomic E-state index is 0.0504. The maximum absolute atomic E-state index is 11.1. The third kappa shape index (κ3) is 2.84. The second-order valence-electron chi connectivity index (χ2n) is 4.91. The standard InChI is InChI=1S/C15H18N2O2/c1-10-4-5-12(11(2)8-10)13(9-14(18)19)15-16-6-7-17(15)3/h4-8,13H,9H2,1-3H3,(H,18,19). The van der Waals surface area contributed by atoms with Crippen LogP contribution in [0.25, 0.3) is 0 Å². The minimum Gasteiger partial charge on any atom is -0.481 e. The number of carboxylic acids is 1. The second-order valence-corrected chi connectivity index (χ2v) is 4.91. The SMILES string of the molecule is Cc1ccc(C(CC(=O)O)c2nccn2C)c(C)c1. The van der Waals surface area contributed by atoms with Gasteiger partial charge in [-0.1, -0.05) is 23.8 Å². The molecule has 1 atom stereocenters. The van der Waals surface area contributed by atoms with E-state index in [0.717, 1.165) is 17.0 Å². The summed E-state index contributed by atoms with van der Waals surface area (Å²) in [5, 5.41) is 9.14. The molecule has 0 aliphatic rings. The number of hydrogen-bond donors (Lipinski definition) is 1. The average Bonchev–Trinajstić information content (AvgIpc) is 2.73. The number of aromatic nitrogens is 2. The number of aliphatic carboxylic acids is 1. The predicted octanol–water partition coefficient (Wildman–Crippen LogP) is 2.64. The Labute approximate surface area is 112 Å². The largest absolute Gasteiger partial charge is 0.481 e. The van der Waals surface area contributed by atoms with Crippen molar-refractivity contribution in [2.45, 2.75) is 26.2 Å². The molecule has 2 aromatic rings. The third-order valence-corrected chi connectivity index (χ3v) is 3.35. The van der Waals surface area contributed by atoms with E-state index in [1.807, 2.05) is 43.8 Å². The molecule has 4 heteroatoms. The lowest BCUT2D eigenvalue weighted by molar-refractivity contribution is -0.137. The molecule has 0 saturated carbocycles. The maximum Gasteiger partial charge on any atom is 0.304 e. The monoisotopic (exact) mass is 258 g/mol. The molecule has 1 N–H and O–H groups in total. The molecule has 0 amide bonds. The summed E-state index contributed by atoms with van der Waals surface area (Å²) in [6.07, 6.45) is 3.59. The van der Waals surface area contributed by atoms with Crippen LogP contribution >= 0.6 is 0 Å². The van der Waals surface area contributed by atoms with Gasteiger partial charge >= 0.3 is 5.97 Å². The van der Waals surface area contributed by atoms with E-state index in [0.29, 0.717) is 0 Å². The summed E-state index contributed by atoms with van der Waals surface area (Å²) >= 11 is 0. The van der Waals surface area contributed by atoms with Crippen molar-refractivity contribution in [3.05, 3.63) is 53.1 Å². The quantitative estimate of drug-likeness (QED) is 0.917. The molecule has 1 aromatic carbocycles. The Balaban J connectivity index is 2.49. The Morgan fingerprint density at radius 2 is 2.16 bits per heavy atom. The van der Waals surface area contributed by atoms with Gasteiger partial charge in [0.1, 0.15) is 5.82 Å². The van der Waals surface area contributed by atoms with Gasteiger partial charge in [0.05, 0.1) is 12.3 Å².